The lowest BCUT2D eigenvalue weighted by atomic mass is 10.0. The molecule has 1 amide bonds. The second-order valence-electron chi connectivity index (χ2n) is 8.11. The molecule has 0 bridgehead atoms. The minimum atomic E-state index is -0.873. The maximum atomic E-state index is 13.3. The Morgan fingerprint density at radius 2 is 1.88 bits per heavy atom. The number of carbonyl (C=O) groups is 2. The molecule has 1 atom stereocenters. The highest BCUT2D eigenvalue weighted by Crippen LogP contribution is 2.38. The minimum absolute atomic E-state index is 0.291. The molecule has 0 fully saturated rings. The molecule has 1 aliphatic carbocycles. The van der Waals surface area contributed by atoms with Crippen molar-refractivity contribution >= 4 is 34.4 Å². The lowest BCUT2D eigenvalue weighted by Crippen LogP contribution is -2.36. The smallest absolute Gasteiger partial charge is 0.339 e. The molecule has 6 nitrogen and oxygen atoms in total. The summed E-state index contributed by atoms with van der Waals surface area (Å²) in [7, 11) is 1.64. The lowest BCUT2D eigenvalue weighted by molar-refractivity contribution is -0.129. The van der Waals surface area contributed by atoms with E-state index in [4.69, 9.17) is 14.5 Å². The van der Waals surface area contributed by atoms with Crippen molar-refractivity contribution in [2.75, 3.05) is 13.7 Å². The van der Waals surface area contributed by atoms with E-state index in [0.29, 0.717) is 18.5 Å². The average Bonchev–Trinajstić information content (AvgIpc) is 3.23. The molecule has 0 spiro atoms. The van der Waals surface area contributed by atoms with Gasteiger partial charge in [0, 0.05) is 11.9 Å². The van der Waals surface area contributed by atoms with E-state index in [1.807, 2.05) is 55.5 Å². The number of nitrogens with one attached hydrogen (secondary N) is 1. The first-order valence-electron chi connectivity index (χ1n) is 11.3. The number of rotatable bonds is 7. The van der Waals surface area contributed by atoms with Crippen molar-refractivity contribution in [2.45, 2.75) is 39.2 Å². The van der Waals surface area contributed by atoms with E-state index in [2.05, 4.69) is 11.4 Å². The largest absolute Gasteiger partial charge is 0.497 e. The molecule has 170 valence electrons. The van der Waals surface area contributed by atoms with E-state index < -0.39 is 12.1 Å². The van der Waals surface area contributed by atoms with Gasteiger partial charge in [-0.1, -0.05) is 37.3 Å². The van der Waals surface area contributed by atoms with Crippen LogP contribution < -0.4 is 10.1 Å². The zero-order valence-electron chi connectivity index (χ0n) is 19.2. The van der Waals surface area contributed by atoms with Gasteiger partial charge in [0.1, 0.15) is 5.75 Å². The van der Waals surface area contributed by atoms with Crippen LogP contribution in [0.25, 0.3) is 22.6 Å². The summed E-state index contributed by atoms with van der Waals surface area (Å²) in [5.41, 5.74) is 5.04. The van der Waals surface area contributed by atoms with Gasteiger partial charge in [0.05, 0.1) is 23.9 Å². The molecule has 2 aromatic carbocycles. The predicted molar refractivity (Wildman–Crippen MR) is 129 cm³/mol. The molecule has 1 aliphatic rings. The maximum Gasteiger partial charge on any atom is 0.339 e. The van der Waals surface area contributed by atoms with E-state index >= 15 is 0 Å². The number of hydrogen-bond acceptors (Lipinski definition) is 5. The first-order chi connectivity index (χ1) is 16.0. The zero-order chi connectivity index (χ0) is 23.4. The van der Waals surface area contributed by atoms with Crippen molar-refractivity contribution in [1.82, 2.24) is 10.3 Å². The van der Waals surface area contributed by atoms with E-state index in [0.717, 1.165) is 51.9 Å². The van der Waals surface area contributed by atoms with Crippen LogP contribution in [-0.2, 0) is 16.0 Å². The third-order valence-electron chi connectivity index (χ3n) is 5.80. The molecule has 1 heterocycles. The quantitative estimate of drug-likeness (QED) is 0.530. The summed E-state index contributed by atoms with van der Waals surface area (Å²) in [5, 5.41) is 3.52. The van der Waals surface area contributed by atoms with Crippen molar-refractivity contribution in [3.8, 4) is 5.75 Å². The molecule has 0 aliphatic heterocycles. The number of aromatic nitrogens is 1. The molecule has 1 aromatic heterocycles. The molecule has 0 saturated carbocycles. The van der Waals surface area contributed by atoms with Gasteiger partial charge in [0.25, 0.3) is 5.91 Å². The topological polar surface area (TPSA) is 77.5 Å². The van der Waals surface area contributed by atoms with Gasteiger partial charge in [0.15, 0.2) is 6.10 Å². The third kappa shape index (κ3) is 4.75. The van der Waals surface area contributed by atoms with E-state index in [-0.39, 0.29) is 5.91 Å². The number of ether oxygens (including phenoxy) is 2. The molecular weight excluding hydrogens is 416 g/mol. The lowest BCUT2D eigenvalue weighted by Gasteiger charge is -2.16. The SMILES string of the molecule is CCCNC(=O)[C@H](C)OC(=O)c1c2c(nc3ccccc13)/C(=C\c1ccc(OC)cc1)CC2. The highest BCUT2D eigenvalue weighted by Gasteiger charge is 2.29. The van der Waals surface area contributed by atoms with E-state index in [9.17, 15) is 9.59 Å². The fraction of sp³-hybridized carbons (Fsp3) is 0.296. The van der Waals surface area contributed by atoms with Gasteiger partial charge >= 0.3 is 5.97 Å². The number of allylic oxidation sites excluding steroid dienone is 1. The average molecular weight is 445 g/mol. The highest BCUT2D eigenvalue weighted by atomic mass is 16.5. The Kier molecular flexibility index (Phi) is 6.73. The van der Waals surface area contributed by atoms with E-state index in [1.165, 1.54) is 0 Å². The monoisotopic (exact) mass is 444 g/mol. The van der Waals surface area contributed by atoms with Crippen LogP contribution >= 0.6 is 0 Å². The van der Waals surface area contributed by atoms with Crippen LogP contribution in [-0.4, -0.2) is 36.6 Å². The Hall–Kier alpha value is -3.67. The molecule has 0 radical (unpaired) electrons. The van der Waals surface area contributed by atoms with Crippen molar-refractivity contribution in [3.05, 3.63) is 70.9 Å². The van der Waals surface area contributed by atoms with E-state index in [1.54, 1.807) is 14.0 Å². The maximum absolute atomic E-state index is 13.3. The summed E-state index contributed by atoms with van der Waals surface area (Å²) >= 11 is 0. The first kappa shape index (κ1) is 22.5. The number of benzene rings is 2. The molecule has 33 heavy (non-hydrogen) atoms. The molecule has 0 saturated heterocycles. The number of fused-ring (bicyclic) bond motifs is 2. The molecule has 1 N–H and O–H groups in total. The number of esters is 1. The van der Waals surface area contributed by atoms with Gasteiger partial charge in [-0.05, 0) is 67.2 Å². The first-order valence-corrected chi connectivity index (χ1v) is 11.3. The van der Waals surface area contributed by atoms with Crippen LogP contribution in [0.15, 0.2) is 48.5 Å². The molecule has 3 aromatic rings. The standard InChI is InChI=1S/C27H28N2O4/c1-4-15-28-26(30)17(2)33-27(31)24-21-7-5-6-8-23(21)29-25-19(11-14-22(24)25)16-18-9-12-20(32-3)13-10-18/h5-10,12-13,16-17H,4,11,14-15H2,1-3H3,(H,28,30)/b19-16-/t17-/m0/s1. The molecular formula is C27H28N2O4. The number of pyridine rings is 1. The summed E-state index contributed by atoms with van der Waals surface area (Å²) in [4.78, 5) is 30.4. The molecule has 6 heteroatoms. The van der Waals surface area contributed by atoms with Crippen LogP contribution in [0.2, 0.25) is 0 Å². The summed E-state index contributed by atoms with van der Waals surface area (Å²) in [6, 6.07) is 15.4. The number of nitrogens with zero attached hydrogens (tertiary/aromatic N) is 1. The fourth-order valence-electron chi connectivity index (χ4n) is 4.08. The Balaban J connectivity index is 1.71. The normalized spacial score (nSPS) is 14.7. The second kappa shape index (κ2) is 9.86. The van der Waals surface area contributed by atoms with Crippen molar-refractivity contribution in [2.24, 2.45) is 0 Å². The number of hydrogen-bond donors (Lipinski definition) is 1. The summed E-state index contributed by atoms with van der Waals surface area (Å²) in [5.74, 6) is 0.0187. The Morgan fingerprint density at radius 3 is 2.61 bits per heavy atom. The third-order valence-corrected chi connectivity index (χ3v) is 5.80. The van der Waals surface area contributed by atoms with Gasteiger partial charge < -0.3 is 14.8 Å². The number of amides is 1. The number of methoxy groups -OCH3 is 1. The second-order valence-corrected chi connectivity index (χ2v) is 8.11. The van der Waals surface area contributed by atoms with Crippen LogP contribution in [0.3, 0.4) is 0 Å². The van der Waals surface area contributed by atoms with Crippen molar-refractivity contribution in [1.29, 1.82) is 0 Å². The predicted octanol–water partition coefficient (Wildman–Crippen LogP) is 4.80. The minimum Gasteiger partial charge on any atom is -0.497 e. The van der Waals surface area contributed by atoms with Crippen molar-refractivity contribution in [3.63, 3.8) is 0 Å². The Bertz CT molecular complexity index is 1210. The van der Waals surface area contributed by atoms with Gasteiger partial charge in [-0.15, -0.1) is 0 Å². The van der Waals surface area contributed by atoms with Crippen molar-refractivity contribution < 1.29 is 19.1 Å². The Labute approximate surface area is 193 Å². The molecule has 4 rings (SSSR count). The van der Waals surface area contributed by atoms with Crippen LogP contribution in [0.1, 0.15) is 53.9 Å². The van der Waals surface area contributed by atoms with Gasteiger partial charge in [-0.3, -0.25) is 4.79 Å². The van der Waals surface area contributed by atoms with Gasteiger partial charge in [0.2, 0.25) is 0 Å². The Morgan fingerprint density at radius 1 is 1.12 bits per heavy atom. The van der Waals surface area contributed by atoms with Crippen LogP contribution in [0.5, 0.6) is 5.75 Å². The number of carbonyl (C=O) groups excluding carboxylic acids is 2. The van der Waals surface area contributed by atoms with Gasteiger partial charge in [-0.25, -0.2) is 9.78 Å². The van der Waals surface area contributed by atoms with Crippen LogP contribution in [0.4, 0.5) is 0 Å². The zero-order valence-corrected chi connectivity index (χ0v) is 19.2. The van der Waals surface area contributed by atoms with Gasteiger partial charge in [-0.2, -0.15) is 0 Å². The molecule has 0 unspecified atom stereocenters. The summed E-state index contributed by atoms with van der Waals surface area (Å²) in [6.07, 6.45) is 3.51. The number of para-hydroxylation sites is 1. The summed E-state index contributed by atoms with van der Waals surface area (Å²) < 4.78 is 10.8. The fourth-order valence-corrected chi connectivity index (χ4v) is 4.08. The highest BCUT2D eigenvalue weighted by molar-refractivity contribution is 6.07. The van der Waals surface area contributed by atoms with Crippen LogP contribution in [0, 0.1) is 0 Å². The summed E-state index contributed by atoms with van der Waals surface area (Å²) in [6.45, 7) is 4.12.